The Morgan fingerprint density at radius 2 is 1.96 bits per heavy atom. The molecule has 1 saturated heterocycles. The fraction of sp³-hybridized carbons (Fsp3) is 0.286. The van der Waals surface area contributed by atoms with Crippen LogP contribution in [0.2, 0.25) is 0 Å². The summed E-state index contributed by atoms with van der Waals surface area (Å²) in [6, 6.07) is 15.8. The van der Waals surface area contributed by atoms with Crippen LogP contribution in [-0.2, 0) is 16.1 Å². The van der Waals surface area contributed by atoms with Gasteiger partial charge in [-0.2, -0.15) is 0 Å². The molecule has 1 aliphatic heterocycles. The molecule has 2 aromatic carbocycles. The van der Waals surface area contributed by atoms with Gasteiger partial charge in [0.2, 0.25) is 11.8 Å². The molecule has 0 unspecified atom stereocenters. The third kappa shape index (κ3) is 3.57. The van der Waals surface area contributed by atoms with Gasteiger partial charge in [-0.3, -0.25) is 9.59 Å². The lowest BCUT2D eigenvalue weighted by Gasteiger charge is -2.20. The summed E-state index contributed by atoms with van der Waals surface area (Å²) >= 11 is 1.60. The van der Waals surface area contributed by atoms with Crippen LogP contribution in [0, 0.1) is 12.8 Å². The van der Waals surface area contributed by atoms with Gasteiger partial charge in [0.25, 0.3) is 0 Å². The number of rotatable bonds is 4. The molecule has 0 bridgehead atoms. The summed E-state index contributed by atoms with van der Waals surface area (Å²) in [5, 5.41) is 0.909. The molecular weight excluding hydrogens is 358 g/mol. The van der Waals surface area contributed by atoms with Gasteiger partial charge in [0.05, 0.1) is 22.7 Å². The fourth-order valence-corrected chi connectivity index (χ4v) is 4.45. The van der Waals surface area contributed by atoms with Crippen LogP contribution in [0.3, 0.4) is 0 Å². The zero-order valence-corrected chi connectivity index (χ0v) is 16.2. The minimum atomic E-state index is -0.307. The van der Waals surface area contributed by atoms with Crippen molar-refractivity contribution in [3.63, 3.8) is 0 Å². The zero-order valence-electron chi connectivity index (χ0n) is 15.4. The molecule has 138 valence electrons. The molecule has 27 heavy (non-hydrogen) atoms. The van der Waals surface area contributed by atoms with E-state index in [9.17, 15) is 9.59 Å². The second-order valence-corrected chi connectivity index (χ2v) is 8.13. The third-order valence-corrected chi connectivity index (χ3v) is 5.93. The van der Waals surface area contributed by atoms with E-state index in [1.54, 1.807) is 28.2 Å². The number of para-hydroxylation sites is 1. The van der Waals surface area contributed by atoms with Crippen molar-refractivity contribution in [2.45, 2.75) is 19.9 Å². The maximum absolute atomic E-state index is 12.9. The first-order valence-electron chi connectivity index (χ1n) is 8.98. The van der Waals surface area contributed by atoms with Crippen molar-refractivity contribution in [3.8, 4) is 0 Å². The van der Waals surface area contributed by atoms with E-state index in [-0.39, 0.29) is 24.2 Å². The lowest BCUT2D eigenvalue weighted by Crippen LogP contribution is -2.34. The Labute approximate surface area is 162 Å². The first kappa shape index (κ1) is 17.7. The lowest BCUT2D eigenvalue weighted by molar-refractivity contribution is -0.135. The van der Waals surface area contributed by atoms with E-state index < -0.39 is 0 Å². The minimum Gasteiger partial charge on any atom is -0.339 e. The van der Waals surface area contributed by atoms with E-state index in [0.29, 0.717) is 13.1 Å². The number of hydrogen-bond donors (Lipinski definition) is 0. The minimum absolute atomic E-state index is 0.00258. The third-order valence-electron chi connectivity index (χ3n) is 4.91. The fourth-order valence-electron chi connectivity index (χ4n) is 3.43. The molecule has 0 spiro atoms. The number of nitrogens with zero attached hydrogens (tertiary/aromatic N) is 3. The number of carbonyl (C=O) groups excluding carboxylic acids is 2. The normalized spacial score (nSPS) is 16.9. The van der Waals surface area contributed by atoms with E-state index >= 15 is 0 Å². The standard InChI is InChI=1S/C21H21N3O2S/c1-14-7-9-16(10-8-14)24-12-15(11-20(24)25)21(26)23(2)13-19-22-17-5-3-4-6-18(17)27-19/h3-10,15H,11-13H2,1-2H3/t15-/m0/s1. The van der Waals surface area contributed by atoms with Crippen molar-refractivity contribution in [2.24, 2.45) is 5.92 Å². The molecular formula is C21H21N3O2S. The highest BCUT2D eigenvalue weighted by Crippen LogP contribution is 2.27. The average Bonchev–Trinajstić information content (AvgIpc) is 3.24. The van der Waals surface area contributed by atoms with Crippen molar-refractivity contribution < 1.29 is 9.59 Å². The Balaban J connectivity index is 1.44. The summed E-state index contributed by atoms with van der Waals surface area (Å²) < 4.78 is 1.12. The summed E-state index contributed by atoms with van der Waals surface area (Å²) in [4.78, 5) is 33.3. The van der Waals surface area contributed by atoms with Gasteiger partial charge in [0, 0.05) is 25.7 Å². The molecule has 1 aliphatic rings. The SMILES string of the molecule is Cc1ccc(N2C[C@@H](C(=O)N(C)Cc3nc4ccccc4s3)CC2=O)cc1. The predicted molar refractivity (Wildman–Crippen MR) is 108 cm³/mol. The highest BCUT2D eigenvalue weighted by molar-refractivity contribution is 7.18. The molecule has 0 radical (unpaired) electrons. The van der Waals surface area contributed by atoms with Crippen LogP contribution in [0.15, 0.2) is 48.5 Å². The summed E-state index contributed by atoms with van der Waals surface area (Å²) in [6.07, 6.45) is 0.261. The van der Waals surface area contributed by atoms with Crippen LogP contribution in [0.5, 0.6) is 0 Å². The average molecular weight is 379 g/mol. The van der Waals surface area contributed by atoms with Gasteiger partial charge in [0.15, 0.2) is 0 Å². The maximum Gasteiger partial charge on any atom is 0.228 e. The van der Waals surface area contributed by atoms with Gasteiger partial charge < -0.3 is 9.80 Å². The zero-order chi connectivity index (χ0) is 19.0. The number of thiazole rings is 1. The van der Waals surface area contributed by atoms with Crippen molar-refractivity contribution in [1.82, 2.24) is 9.88 Å². The summed E-state index contributed by atoms with van der Waals surface area (Å²) in [5.74, 6) is -0.305. The van der Waals surface area contributed by atoms with E-state index in [1.165, 1.54) is 0 Å². The van der Waals surface area contributed by atoms with E-state index in [4.69, 9.17) is 0 Å². The van der Waals surface area contributed by atoms with Crippen molar-refractivity contribution in [1.29, 1.82) is 0 Å². The van der Waals surface area contributed by atoms with Gasteiger partial charge in [-0.05, 0) is 31.2 Å². The molecule has 1 aromatic heterocycles. The number of anilines is 1. The predicted octanol–water partition coefficient (Wildman–Crippen LogP) is 3.62. The second kappa shape index (κ2) is 7.12. The smallest absolute Gasteiger partial charge is 0.228 e. The van der Waals surface area contributed by atoms with Gasteiger partial charge in [-0.1, -0.05) is 29.8 Å². The Morgan fingerprint density at radius 1 is 1.22 bits per heavy atom. The lowest BCUT2D eigenvalue weighted by atomic mass is 10.1. The number of benzene rings is 2. The molecule has 6 heteroatoms. The molecule has 0 saturated carbocycles. The quantitative estimate of drug-likeness (QED) is 0.696. The Morgan fingerprint density at radius 3 is 2.70 bits per heavy atom. The molecule has 5 nitrogen and oxygen atoms in total. The van der Waals surface area contributed by atoms with Gasteiger partial charge in [0.1, 0.15) is 5.01 Å². The molecule has 3 aromatic rings. The van der Waals surface area contributed by atoms with E-state index in [2.05, 4.69) is 4.98 Å². The van der Waals surface area contributed by atoms with Gasteiger partial charge in [-0.15, -0.1) is 11.3 Å². The van der Waals surface area contributed by atoms with Crippen molar-refractivity contribution >= 4 is 39.1 Å². The number of aryl methyl sites for hydroxylation is 1. The number of hydrogen-bond acceptors (Lipinski definition) is 4. The molecule has 0 N–H and O–H groups in total. The summed E-state index contributed by atoms with van der Waals surface area (Å²) in [5.41, 5.74) is 2.96. The van der Waals surface area contributed by atoms with E-state index in [1.807, 2.05) is 55.5 Å². The van der Waals surface area contributed by atoms with Crippen LogP contribution in [0.25, 0.3) is 10.2 Å². The number of amides is 2. The molecule has 4 rings (SSSR count). The molecule has 1 atom stereocenters. The van der Waals surface area contributed by atoms with Crippen LogP contribution in [0.1, 0.15) is 17.0 Å². The van der Waals surface area contributed by atoms with E-state index in [0.717, 1.165) is 26.5 Å². The molecule has 2 amide bonds. The second-order valence-electron chi connectivity index (χ2n) is 7.01. The Hall–Kier alpha value is -2.73. The Kier molecular flexibility index (Phi) is 4.66. The number of fused-ring (bicyclic) bond motifs is 1. The van der Waals surface area contributed by atoms with Crippen LogP contribution >= 0.6 is 11.3 Å². The van der Waals surface area contributed by atoms with Crippen molar-refractivity contribution in [3.05, 3.63) is 59.1 Å². The molecule has 0 aliphatic carbocycles. The number of aromatic nitrogens is 1. The van der Waals surface area contributed by atoms with Crippen LogP contribution < -0.4 is 4.90 Å². The Bertz CT molecular complexity index is 963. The van der Waals surface area contributed by atoms with Crippen molar-refractivity contribution in [2.75, 3.05) is 18.5 Å². The topological polar surface area (TPSA) is 53.5 Å². The highest BCUT2D eigenvalue weighted by atomic mass is 32.1. The van der Waals surface area contributed by atoms with Gasteiger partial charge in [-0.25, -0.2) is 4.98 Å². The largest absolute Gasteiger partial charge is 0.339 e. The highest BCUT2D eigenvalue weighted by Gasteiger charge is 2.36. The first-order valence-corrected chi connectivity index (χ1v) is 9.79. The maximum atomic E-state index is 12.9. The summed E-state index contributed by atoms with van der Waals surface area (Å²) in [6.45, 7) is 2.91. The van der Waals surface area contributed by atoms with Gasteiger partial charge >= 0.3 is 0 Å². The summed E-state index contributed by atoms with van der Waals surface area (Å²) in [7, 11) is 1.79. The van der Waals surface area contributed by atoms with Crippen LogP contribution in [0.4, 0.5) is 5.69 Å². The number of carbonyl (C=O) groups is 2. The monoisotopic (exact) mass is 379 g/mol. The van der Waals surface area contributed by atoms with Crippen LogP contribution in [-0.4, -0.2) is 35.3 Å². The molecule has 1 fully saturated rings. The first-order chi connectivity index (χ1) is 13.0. The molecule has 2 heterocycles.